The Labute approximate surface area is 109 Å². The van der Waals surface area contributed by atoms with Crippen molar-refractivity contribution >= 4 is 38.9 Å². The zero-order valence-corrected chi connectivity index (χ0v) is 11.2. The first-order valence-electron chi connectivity index (χ1n) is 4.92. The van der Waals surface area contributed by atoms with Crippen LogP contribution in [0.2, 0.25) is 5.02 Å². The quantitative estimate of drug-likeness (QED) is 0.764. The molecule has 0 N–H and O–H groups in total. The van der Waals surface area contributed by atoms with Crippen molar-refractivity contribution < 1.29 is 0 Å². The van der Waals surface area contributed by atoms with Gasteiger partial charge in [0.05, 0.1) is 0 Å². The molecule has 0 aromatic heterocycles. The van der Waals surface area contributed by atoms with Crippen LogP contribution in [0.25, 0.3) is 0 Å². The monoisotopic (exact) mass is 295 g/mol. The lowest BCUT2D eigenvalue weighted by molar-refractivity contribution is 1.21. The number of hydrogen-bond acceptors (Lipinski definition) is 1. The lowest BCUT2D eigenvalue weighted by Gasteiger charge is -2.19. The molecule has 2 aromatic carbocycles. The minimum atomic E-state index is 0.751. The summed E-state index contributed by atoms with van der Waals surface area (Å²) in [5, 5.41) is 0.751. The molecule has 0 radical (unpaired) electrons. The van der Waals surface area contributed by atoms with Crippen molar-refractivity contribution in [3.8, 4) is 0 Å². The summed E-state index contributed by atoms with van der Waals surface area (Å²) in [7, 11) is 2.02. The van der Waals surface area contributed by atoms with Gasteiger partial charge in [0.2, 0.25) is 0 Å². The van der Waals surface area contributed by atoms with Crippen molar-refractivity contribution in [1.82, 2.24) is 0 Å². The fraction of sp³-hybridized carbons (Fsp3) is 0.0769. The van der Waals surface area contributed by atoms with Crippen LogP contribution in [0.4, 0.5) is 11.4 Å². The molecule has 0 saturated heterocycles. The van der Waals surface area contributed by atoms with Crippen molar-refractivity contribution in [2.24, 2.45) is 0 Å². The number of nitrogens with zero attached hydrogens (tertiary/aromatic N) is 1. The molecule has 2 rings (SSSR count). The number of hydrogen-bond donors (Lipinski definition) is 0. The van der Waals surface area contributed by atoms with Crippen LogP contribution in [-0.2, 0) is 0 Å². The number of anilines is 2. The molecule has 2 aromatic rings. The van der Waals surface area contributed by atoms with E-state index in [1.54, 1.807) is 0 Å². The largest absolute Gasteiger partial charge is 0.345 e. The summed E-state index contributed by atoms with van der Waals surface area (Å²) < 4.78 is 1.08. The molecular weight excluding hydrogens is 286 g/mol. The smallest absolute Gasteiger partial charge is 0.0426 e. The third kappa shape index (κ3) is 2.57. The van der Waals surface area contributed by atoms with E-state index in [1.165, 1.54) is 0 Å². The van der Waals surface area contributed by atoms with Crippen LogP contribution in [0.1, 0.15) is 0 Å². The average molecular weight is 297 g/mol. The van der Waals surface area contributed by atoms with Crippen molar-refractivity contribution in [3.05, 3.63) is 58.0 Å². The van der Waals surface area contributed by atoms with E-state index in [9.17, 15) is 0 Å². The van der Waals surface area contributed by atoms with Gasteiger partial charge in [-0.2, -0.15) is 0 Å². The van der Waals surface area contributed by atoms with Gasteiger partial charge in [-0.15, -0.1) is 0 Å². The molecular formula is C13H11BrClN. The third-order valence-corrected chi connectivity index (χ3v) is 3.17. The van der Waals surface area contributed by atoms with Crippen molar-refractivity contribution in [2.45, 2.75) is 0 Å². The summed E-state index contributed by atoms with van der Waals surface area (Å²) in [5.74, 6) is 0. The lowest BCUT2D eigenvalue weighted by Crippen LogP contribution is -2.08. The molecule has 0 fully saturated rings. The van der Waals surface area contributed by atoms with Crippen LogP contribution in [0.15, 0.2) is 53.0 Å². The molecule has 16 heavy (non-hydrogen) atoms. The molecule has 0 saturated carbocycles. The second-order valence-electron chi connectivity index (χ2n) is 3.52. The van der Waals surface area contributed by atoms with Crippen LogP contribution < -0.4 is 4.90 Å². The molecule has 0 amide bonds. The Balaban J connectivity index is 2.31. The Bertz CT molecular complexity index is 482. The number of rotatable bonds is 2. The summed E-state index contributed by atoms with van der Waals surface area (Å²) >= 11 is 9.39. The highest BCUT2D eigenvalue weighted by molar-refractivity contribution is 9.10. The Hall–Kier alpha value is -0.990. The highest BCUT2D eigenvalue weighted by Gasteiger charge is 2.03. The van der Waals surface area contributed by atoms with E-state index in [-0.39, 0.29) is 0 Å². The van der Waals surface area contributed by atoms with E-state index in [4.69, 9.17) is 11.6 Å². The molecule has 0 atom stereocenters. The fourth-order valence-corrected chi connectivity index (χ4v) is 1.95. The number of benzene rings is 2. The van der Waals surface area contributed by atoms with E-state index in [1.807, 2.05) is 43.4 Å². The van der Waals surface area contributed by atoms with Crippen LogP contribution in [0.3, 0.4) is 0 Å². The van der Waals surface area contributed by atoms with Crippen LogP contribution in [0.5, 0.6) is 0 Å². The summed E-state index contributed by atoms with van der Waals surface area (Å²) in [6.45, 7) is 0. The normalized spacial score (nSPS) is 10.2. The second-order valence-corrected chi connectivity index (χ2v) is 4.87. The zero-order valence-electron chi connectivity index (χ0n) is 8.82. The van der Waals surface area contributed by atoms with Crippen LogP contribution in [-0.4, -0.2) is 7.05 Å². The van der Waals surface area contributed by atoms with E-state index in [0.717, 1.165) is 20.9 Å². The lowest BCUT2D eigenvalue weighted by atomic mass is 10.2. The van der Waals surface area contributed by atoms with Crippen LogP contribution in [0, 0.1) is 0 Å². The Morgan fingerprint density at radius 3 is 2.31 bits per heavy atom. The summed E-state index contributed by atoms with van der Waals surface area (Å²) in [6, 6.07) is 16.0. The van der Waals surface area contributed by atoms with Crippen molar-refractivity contribution in [1.29, 1.82) is 0 Å². The first-order chi connectivity index (χ1) is 7.66. The molecule has 0 heterocycles. The second kappa shape index (κ2) is 4.89. The molecule has 0 spiro atoms. The van der Waals surface area contributed by atoms with Gasteiger partial charge in [-0.3, -0.25) is 0 Å². The zero-order chi connectivity index (χ0) is 11.5. The van der Waals surface area contributed by atoms with Crippen molar-refractivity contribution in [2.75, 3.05) is 11.9 Å². The third-order valence-electron chi connectivity index (χ3n) is 2.41. The summed E-state index contributed by atoms with van der Waals surface area (Å²) in [4.78, 5) is 2.10. The van der Waals surface area contributed by atoms with Gasteiger partial charge >= 0.3 is 0 Å². The fourth-order valence-electron chi connectivity index (χ4n) is 1.50. The minimum absolute atomic E-state index is 0.751. The SMILES string of the molecule is CN(c1ccc(Br)cc1)c1cccc(Cl)c1. The summed E-state index contributed by atoms with van der Waals surface area (Å²) in [5.41, 5.74) is 2.21. The maximum Gasteiger partial charge on any atom is 0.0426 e. The highest BCUT2D eigenvalue weighted by atomic mass is 79.9. The van der Waals surface area contributed by atoms with E-state index < -0.39 is 0 Å². The molecule has 0 aliphatic carbocycles. The van der Waals surface area contributed by atoms with E-state index in [2.05, 4.69) is 33.0 Å². The minimum Gasteiger partial charge on any atom is -0.345 e. The maximum absolute atomic E-state index is 5.97. The maximum atomic E-state index is 5.97. The van der Waals surface area contributed by atoms with E-state index >= 15 is 0 Å². The summed E-state index contributed by atoms with van der Waals surface area (Å²) in [6.07, 6.45) is 0. The topological polar surface area (TPSA) is 3.24 Å². The van der Waals surface area contributed by atoms with Crippen molar-refractivity contribution in [3.63, 3.8) is 0 Å². The molecule has 0 aliphatic rings. The molecule has 0 bridgehead atoms. The number of halogens is 2. The Morgan fingerprint density at radius 1 is 1.00 bits per heavy atom. The predicted octanol–water partition coefficient (Wildman–Crippen LogP) is 4.87. The molecule has 0 unspecified atom stereocenters. The van der Waals surface area contributed by atoms with Gasteiger partial charge in [0, 0.05) is 27.9 Å². The molecule has 3 heteroatoms. The molecule has 1 nitrogen and oxygen atoms in total. The van der Waals surface area contributed by atoms with Gasteiger partial charge in [-0.1, -0.05) is 33.6 Å². The van der Waals surface area contributed by atoms with Gasteiger partial charge in [-0.05, 0) is 42.5 Å². The average Bonchev–Trinajstić information content (AvgIpc) is 2.29. The molecule has 82 valence electrons. The van der Waals surface area contributed by atoms with Gasteiger partial charge in [0.15, 0.2) is 0 Å². The Morgan fingerprint density at radius 2 is 1.69 bits per heavy atom. The first-order valence-corrected chi connectivity index (χ1v) is 6.09. The van der Waals surface area contributed by atoms with Gasteiger partial charge in [-0.25, -0.2) is 0 Å². The predicted molar refractivity (Wildman–Crippen MR) is 73.7 cm³/mol. The van der Waals surface area contributed by atoms with E-state index in [0.29, 0.717) is 0 Å². The highest BCUT2D eigenvalue weighted by Crippen LogP contribution is 2.26. The Kier molecular flexibility index (Phi) is 3.52. The molecule has 0 aliphatic heterocycles. The standard InChI is InChI=1S/C13H11BrClN/c1-16(12-7-5-10(14)6-8-12)13-4-2-3-11(15)9-13/h2-9H,1H3. The van der Waals surface area contributed by atoms with Gasteiger partial charge in [0.25, 0.3) is 0 Å². The van der Waals surface area contributed by atoms with Gasteiger partial charge < -0.3 is 4.90 Å². The van der Waals surface area contributed by atoms with Gasteiger partial charge in [0.1, 0.15) is 0 Å². The van der Waals surface area contributed by atoms with Crippen LogP contribution >= 0.6 is 27.5 Å². The first kappa shape index (κ1) is 11.5.